The zero-order valence-corrected chi connectivity index (χ0v) is 18.1. The molecule has 0 aliphatic carbocycles. The molecule has 0 radical (unpaired) electrons. The first kappa shape index (κ1) is 21.7. The first-order valence-electron chi connectivity index (χ1n) is 11.1. The van der Waals surface area contributed by atoms with E-state index in [-0.39, 0.29) is 17.8 Å². The number of rotatable bonds is 6. The zero-order chi connectivity index (χ0) is 21.7. The highest BCUT2D eigenvalue weighted by Gasteiger charge is 2.42. The zero-order valence-electron chi connectivity index (χ0n) is 18.1. The monoisotopic (exact) mass is 426 g/mol. The summed E-state index contributed by atoms with van der Waals surface area (Å²) in [6.45, 7) is 7.55. The van der Waals surface area contributed by atoms with Gasteiger partial charge in [0.2, 0.25) is 5.91 Å². The van der Waals surface area contributed by atoms with Crippen molar-refractivity contribution in [2.45, 2.75) is 31.2 Å². The first-order chi connectivity index (χ1) is 15.1. The fourth-order valence-electron chi connectivity index (χ4n) is 4.65. The van der Waals surface area contributed by atoms with Crippen LogP contribution in [0.25, 0.3) is 0 Å². The van der Waals surface area contributed by atoms with E-state index in [1.54, 1.807) is 6.07 Å². The van der Waals surface area contributed by atoms with Crippen molar-refractivity contribution in [3.63, 3.8) is 0 Å². The van der Waals surface area contributed by atoms with Crippen molar-refractivity contribution in [2.75, 3.05) is 50.8 Å². The lowest BCUT2D eigenvalue weighted by Gasteiger charge is -2.39. The molecule has 1 N–H and O–H groups in total. The molecule has 6 nitrogen and oxygen atoms in total. The summed E-state index contributed by atoms with van der Waals surface area (Å²) < 4.78 is 19.4. The van der Waals surface area contributed by atoms with E-state index in [1.165, 1.54) is 12.1 Å². The molecular formula is C24H31FN4O2. The molecule has 2 aliphatic rings. The maximum absolute atomic E-state index is 13.9. The van der Waals surface area contributed by atoms with Crippen molar-refractivity contribution < 1.29 is 13.9 Å². The Kier molecular flexibility index (Phi) is 6.83. The summed E-state index contributed by atoms with van der Waals surface area (Å²) in [6, 6.07) is 12.4. The molecule has 1 aromatic heterocycles. The Morgan fingerprint density at radius 1 is 1.16 bits per heavy atom. The van der Waals surface area contributed by atoms with Crippen molar-refractivity contribution in [1.82, 2.24) is 15.2 Å². The van der Waals surface area contributed by atoms with Gasteiger partial charge in [0.1, 0.15) is 11.6 Å². The van der Waals surface area contributed by atoms with Crippen molar-refractivity contribution >= 4 is 11.7 Å². The first-order valence-corrected chi connectivity index (χ1v) is 11.1. The quantitative estimate of drug-likeness (QED) is 0.770. The molecule has 2 aromatic rings. The van der Waals surface area contributed by atoms with E-state index in [9.17, 15) is 9.18 Å². The lowest BCUT2D eigenvalue weighted by Crippen LogP contribution is -2.54. The summed E-state index contributed by atoms with van der Waals surface area (Å²) in [6.07, 6.45) is 2.96. The third-order valence-corrected chi connectivity index (χ3v) is 6.41. The molecule has 1 aromatic carbocycles. The van der Waals surface area contributed by atoms with Gasteiger partial charge in [0.25, 0.3) is 0 Å². The Balaban J connectivity index is 1.35. The molecule has 1 atom stereocenters. The highest BCUT2D eigenvalue weighted by Crippen LogP contribution is 2.35. The summed E-state index contributed by atoms with van der Waals surface area (Å²) in [5.41, 5.74) is 0.0104. The Morgan fingerprint density at radius 2 is 1.94 bits per heavy atom. The van der Waals surface area contributed by atoms with E-state index in [1.807, 2.05) is 37.4 Å². The molecule has 3 heterocycles. The van der Waals surface area contributed by atoms with Crippen LogP contribution in [0.2, 0.25) is 0 Å². The second kappa shape index (κ2) is 9.75. The largest absolute Gasteiger partial charge is 0.381 e. The number of piperazine rings is 1. The number of nitrogens with zero attached hydrogens (tertiary/aromatic N) is 3. The molecule has 2 fully saturated rings. The number of carbonyl (C=O) groups is 1. The summed E-state index contributed by atoms with van der Waals surface area (Å²) in [4.78, 5) is 22.5. The SMILES string of the molecule is CC(CN1CCN(c2ccccn2)CC1)NC(=O)C1(c2cccc(F)c2)CCOCC1. The average molecular weight is 427 g/mol. The average Bonchev–Trinajstić information content (AvgIpc) is 2.80. The van der Waals surface area contributed by atoms with Crippen molar-refractivity contribution in [3.8, 4) is 0 Å². The van der Waals surface area contributed by atoms with Crippen LogP contribution >= 0.6 is 0 Å². The van der Waals surface area contributed by atoms with Gasteiger partial charge in [-0.15, -0.1) is 0 Å². The van der Waals surface area contributed by atoms with Gasteiger partial charge in [-0.1, -0.05) is 18.2 Å². The number of halogens is 1. The highest BCUT2D eigenvalue weighted by molar-refractivity contribution is 5.88. The maximum atomic E-state index is 13.9. The highest BCUT2D eigenvalue weighted by atomic mass is 19.1. The third-order valence-electron chi connectivity index (χ3n) is 6.41. The molecule has 1 unspecified atom stereocenters. The lowest BCUT2D eigenvalue weighted by atomic mass is 9.73. The number of ether oxygens (including phenoxy) is 1. The van der Waals surface area contributed by atoms with Gasteiger partial charge in [0.05, 0.1) is 5.41 Å². The summed E-state index contributed by atoms with van der Waals surface area (Å²) in [7, 11) is 0. The van der Waals surface area contributed by atoms with Crippen LogP contribution in [0, 0.1) is 5.82 Å². The fourth-order valence-corrected chi connectivity index (χ4v) is 4.65. The Bertz CT molecular complexity index is 865. The van der Waals surface area contributed by atoms with Gasteiger partial charge in [0, 0.05) is 58.2 Å². The molecule has 166 valence electrons. The van der Waals surface area contributed by atoms with E-state index in [4.69, 9.17) is 4.74 Å². The fraction of sp³-hybridized carbons (Fsp3) is 0.500. The molecule has 1 amide bonds. The van der Waals surface area contributed by atoms with Crippen LogP contribution in [0.15, 0.2) is 48.7 Å². The minimum Gasteiger partial charge on any atom is -0.381 e. The number of benzene rings is 1. The second-order valence-corrected chi connectivity index (χ2v) is 8.55. The number of hydrogen-bond donors (Lipinski definition) is 1. The van der Waals surface area contributed by atoms with Gasteiger partial charge in [-0.25, -0.2) is 9.37 Å². The molecule has 2 aliphatic heterocycles. The van der Waals surface area contributed by atoms with Crippen molar-refractivity contribution in [3.05, 3.63) is 60.0 Å². The number of pyridine rings is 1. The summed E-state index contributed by atoms with van der Waals surface area (Å²) in [5.74, 6) is 0.677. The summed E-state index contributed by atoms with van der Waals surface area (Å²) >= 11 is 0. The van der Waals surface area contributed by atoms with Gasteiger partial charge in [-0.2, -0.15) is 0 Å². The molecule has 4 rings (SSSR count). The van der Waals surface area contributed by atoms with Crippen LogP contribution in [0.3, 0.4) is 0 Å². The normalized spacial score (nSPS) is 20.3. The van der Waals surface area contributed by atoms with Gasteiger partial charge >= 0.3 is 0 Å². The van der Waals surface area contributed by atoms with Crippen LogP contribution in [0.5, 0.6) is 0 Å². The standard InChI is InChI=1S/C24H31FN4O2/c1-19(18-28-11-13-29(14-12-28)22-7-2-3-10-26-22)27-23(30)24(8-15-31-16-9-24)20-5-4-6-21(25)17-20/h2-7,10,17,19H,8-9,11-16,18H2,1H3,(H,27,30). The van der Waals surface area contributed by atoms with E-state index >= 15 is 0 Å². The minimum absolute atomic E-state index is 0.00202. The van der Waals surface area contributed by atoms with Crippen LogP contribution < -0.4 is 10.2 Å². The van der Waals surface area contributed by atoms with Gasteiger partial charge in [-0.05, 0) is 49.6 Å². The Hall–Kier alpha value is -2.51. The molecule has 0 saturated carbocycles. The van der Waals surface area contributed by atoms with E-state index in [0.717, 1.165) is 44.1 Å². The van der Waals surface area contributed by atoms with Crippen LogP contribution in [-0.2, 0) is 14.9 Å². The minimum atomic E-state index is -0.730. The van der Waals surface area contributed by atoms with Gasteiger partial charge < -0.3 is 15.0 Å². The van der Waals surface area contributed by atoms with Crippen molar-refractivity contribution in [2.24, 2.45) is 0 Å². The Labute approximate surface area is 183 Å². The molecule has 2 saturated heterocycles. The van der Waals surface area contributed by atoms with Gasteiger partial charge in [-0.3, -0.25) is 9.69 Å². The number of aromatic nitrogens is 1. The Morgan fingerprint density at radius 3 is 2.61 bits per heavy atom. The lowest BCUT2D eigenvalue weighted by molar-refractivity contribution is -0.131. The topological polar surface area (TPSA) is 57.7 Å². The predicted molar refractivity (Wildman–Crippen MR) is 119 cm³/mol. The predicted octanol–water partition coefficient (Wildman–Crippen LogP) is 2.60. The second-order valence-electron chi connectivity index (χ2n) is 8.55. The number of anilines is 1. The number of amides is 1. The van der Waals surface area contributed by atoms with E-state index in [2.05, 4.69) is 20.1 Å². The molecule has 7 heteroatoms. The smallest absolute Gasteiger partial charge is 0.231 e. The number of nitrogens with one attached hydrogen (secondary N) is 1. The molecule has 31 heavy (non-hydrogen) atoms. The van der Waals surface area contributed by atoms with Crippen LogP contribution in [0.1, 0.15) is 25.3 Å². The molecular weight excluding hydrogens is 395 g/mol. The third kappa shape index (κ3) is 5.05. The number of carbonyl (C=O) groups excluding carboxylic acids is 1. The van der Waals surface area contributed by atoms with Crippen LogP contribution in [-0.4, -0.2) is 67.8 Å². The molecule has 0 bridgehead atoms. The maximum Gasteiger partial charge on any atom is 0.231 e. The van der Waals surface area contributed by atoms with Crippen molar-refractivity contribution in [1.29, 1.82) is 0 Å². The van der Waals surface area contributed by atoms with E-state index in [0.29, 0.717) is 26.1 Å². The molecule has 0 spiro atoms. The van der Waals surface area contributed by atoms with Gasteiger partial charge in [0.15, 0.2) is 0 Å². The number of hydrogen-bond acceptors (Lipinski definition) is 5. The van der Waals surface area contributed by atoms with Crippen LogP contribution in [0.4, 0.5) is 10.2 Å². The summed E-state index contributed by atoms with van der Waals surface area (Å²) in [5, 5.41) is 3.21. The van der Waals surface area contributed by atoms with E-state index < -0.39 is 5.41 Å².